The summed E-state index contributed by atoms with van der Waals surface area (Å²) in [5.41, 5.74) is 0. The van der Waals surface area contributed by atoms with Crippen LogP contribution >= 0.6 is 0 Å². The Hall–Kier alpha value is -2.01. The van der Waals surface area contributed by atoms with Crippen molar-refractivity contribution >= 4 is 5.97 Å². The molecule has 12 heavy (non-hydrogen) atoms. The second-order valence-corrected chi connectivity index (χ2v) is 1.88. The molecule has 62 valence electrons. The number of hydrogen-bond acceptors (Lipinski definition) is 4. The summed E-state index contributed by atoms with van der Waals surface area (Å²) in [7, 11) is 0. The molecular weight excluding hydrogens is 158 g/mol. The van der Waals surface area contributed by atoms with Crippen LogP contribution in [0.1, 0.15) is 0 Å². The molecule has 0 radical (unpaired) electrons. The first-order chi connectivity index (χ1) is 5.70. The smallest absolute Gasteiger partial charge is 0.329 e. The summed E-state index contributed by atoms with van der Waals surface area (Å²) in [6, 6.07) is 3.61. The van der Waals surface area contributed by atoms with Gasteiger partial charge in [-0.25, -0.2) is 4.79 Å². The van der Waals surface area contributed by atoms with Crippen LogP contribution in [0.4, 0.5) is 0 Å². The average Bonchev–Trinajstić information content (AvgIpc) is 2.01. The molecule has 0 amide bonds. The molecule has 5 heteroatoms. The Balaban J connectivity index is 4.06. The molecule has 0 rings (SSSR count). The van der Waals surface area contributed by atoms with E-state index in [4.69, 9.17) is 15.6 Å². The molecular formula is C7H7N3O2. The van der Waals surface area contributed by atoms with Crippen LogP contribution in [0.2, 0.25) is 0 Å². The Morgan fingerprint density at radius 3 is 2.25 bits per heavy atom. The van der Waals surface area contributed by atoms with E-state index in [9.17, 15) is 4.79 Å². The second-order valence-electron chi connectivity index (χ2n) is 1.88. The van der Waals surface area contributed by atoms with E-state index in [2.05, 4.69) is 0 Å². The first kappa shape index (κ1) is 9.99. The van der Waals surface area contributed by atoms with Gasteiger partial charge in [0.2, 0.25) is 0 Å². The SMILES string of the molecule is N#CCN(C=CC(=O)O)CC#N. The van der Waals surface area contributed by atoms with E-state index in [1.165, 1.54) is 11.1 Å². The van der Waals surface area contributed by atoms with Crippen molar-refractivity contribution in [1.82, 2.24) is 4.90 Å². The number of nitriles is 2. The predicted octanol–water partition coefficient (Wildman–Crippen LogP) is -0.0661. The maximum Gasteiger partial charge on any atom is 0.329 e. The van der Waals surface area contributed by atoms with Gasteiger partial charge in [-0.15, -0.1) is 0 Å². The fourth-order valence-corrected chi connectivity index (χ4v) is 0.512. The lowest BCUT2D eigenvalue weighted by molar-refractivity contribution is -0.131. The summed E-state index contributed by atoms with van der Waals surface area (Å²) in [6.07, 6.45) is 2.09. The van der Waals surface area contributed by atoms with E-state index in [-0.39, 0.29) is 13.1 Å². The van der Waals surface area contributed by atoms with Crippen LogP contribution in [0.15, 0.2) is 12.3 Å². The Bertz CT molecular complexity index is 243. The maximum absolute atomic E-state index is 10.0. The molecule has 0 aromatic carbocycles. The van der Waals surface area contributed by atoms with Crippen molar-refractivity contribution < 1.29 is 9.90 Å². The lowest BCUT2D eigenvalue weighted by Gasteiger charge is -2.09. The van der Waals surface area contributed by atoms with Crippen molar-refractivity contribution in [2.75, 3.05) is 13.1 Å². The van der Waals surface area contributed by atoms with Gasteiger partial charge in [0.15, 0.2) is 0 Å². The number of carboxylic acids is 1. The van der Waals surface area contributed by atoms with Crippen LogP contribution in [-0.4, -0.2) is 29.1 Å². The summed E-state index contributed by atoms with van der Waals surface area (Å²) < 4.78 is 0. The Kier molecular flexibility index (Phi) is 4.79. The van der Waals surface area contributed by atoms with Gasteiger partial charge in [0.1, 0.15) is 13.1 Å². The van der Waals surface area contributed by atoms with Gasteiger partial charge in [-0.1, -0.05) is 0 Å². The minimum Gasteiger partial charge on any atom is -0.478 e. The largest absolute Gasteiger partial charge is 0.478 e. The summed E-state index contributed by atoms with van der Waals surface area (Å²) >= 11 is 0. The molecule has 0 aliphatic rings. The normalized spacial score (nSPS) is 8.83. The molecule has 0 heterocycles. The first-order valence-electron chi connectivity index (χ1n) is 3.09. The van der Waals surface area contributed by atoms with Crippen LogP contribution in [0.5, 0.6) is 0 Å². The lowest BCUT2D eigenvalue weighted by Crippen LogP contribution is -2.17. The van der Waals surface area contributed by atoms with E-state index >= 15 is 0 Å². The van der Waals surface area contributed by atoms with Crippen LogP contribution in [0.3, 0.4) is 0 Å². The molecule has 0 aliphatic heterocycles. The molecule has 0 bridgehead atoms. The zero-order valence-corrected chi connectivity index (χ0v) is 6.27. The Morgan fingerprint density at radius 1 is 1.42 bits per heavy atom. The van der Waals surface area contributed by atoms with E-state index < -0.39 is 5.97 Å². The maximum atomic E-state index is 10.0. The van der Waals surface area contributed by atoms with Gasteiger partial charge in [-0.2, -0.15) is 10.5 Å². The molecule has 0 saturated heterocycles. The van der Waals surface area contributed by atoms with Gasteiger partial charge in [0.05, 0.1) is 12.1 Å². The molecule has 0 aliphatic carbocycles. The van der Waals surface area contributed by atoms with Crippen molar-refractivity contribution in [1.29, 1.82) is 10.5 Å². The van der Waals surface area contributed by atoms with E-state index in [0.717, 1.165) is 6.08 Å². The highest BCUT2D eigenvalue weighted by molar-refractivity contribution is 5.79. The van der Waals surface area contributed by atoms with Crippen molar-refractivity contribution in [3.8, 4) is 12.1 Å². The fraction of sp³-hybridized carbons (Fsp3) is 0.286. The van der Waals surface area contributed by atoms with Crippen LogP contribution in [0.25, 0.3) is 0 Å². The fourth-order valence-electron chi connectivity index (χ4n) is 0.512. The molecule has 0 aromatic heterocycles. The van der Waals surface area contributed by atoms with Gasteiger partial charge in [-0.05, 0) is 0 Å². The lowest BCUT2D eigenvalue weighted by atomic mass is 10.5. The van der Waals surface area contributed by atoms with Crippen LogP contribution in [0, 0.1) is 22.7 Å². The predicted molar refractivity (Wildman–Crippen MR) is 39.6 cm³/mol. The topological polar surface area (TPSA) is 88.1 Å². The van der Waals surface area contributed by atoms with Crippen molar-refractivity contribution in [3.05, 3.63) is 12.3 Å². The zero-order chi connectivity index (χ0) is 9.40. The summed E-state index contributed by atoms with van der Waals surface area (Å²) in [5, 5.41) is 24.7. The summed E-state index contributed by atoms with van der Waals surface area (Å²) in [4.78, 5) is 11.3. The van der Waals surface area contributed by atoms with Gasteiger partial charge in [0.25, 0.3) is 0 Å². The quantitative estimate of drug-likeness (QED) is 0.465. The third-order valence-electron chi connectivity index (χ3n) is 0.976. The zero-order valence-electron chi connectivity index (χ0n) is 6.27. The number of nitrogens with zero attached hydrogens (tertiary/aromatic N) is 3. The molecule has 0 aromatic rings. The molecule has 0 spiro atoms. The minimum absolute atomic E-state index is 0.0112. The Labute approximate surface area is 69.7 Å². The van der Waals surface area contributed by atoms with Crippen molar-refractivity contribution in [2.24, 2.45) is 0 Å². The van der Waals surface area contributed by atoms with E-state index in [1.54, 1.807) is 12.1 Å². The monoisotopic (exact) mass is 165 g/mol. The van der Waals surface area contributed by atoms with Crippen molar-refractivity contribution in [3.63, 3.8) is 0 Å². The van der Waals surface area contributed by atoms with Gasteiger partial charge in [0, 0.05) is 12.3 Å². The minimum atomic E-state index is -1.10. The average molecular weight is 165 g/mol. The molecule has 0 unspecified atom stereocenters. The number of carbonyl (C=O) groups is 1. The highest BCUT2D eigenvalue weighted by Gasteiger charge is 1.96. The number of rotatable bonds is 4. The molecule has 0 fully saturated rings. The van der Waals surface area contributed by atoms with Gasteiger partial charge < -0.3 is 10.0 Å². The summed E-state index contributed by atoms with van der Waals surface area (Å²) in [6.45, 7) is 0.0225. The van der Waals surface area contributed by atoms with Crippen LogP contribution in [-0.2, 0) is 4.79 Å². The summed E-state index contributed by atoms with van der Waals surface area (Å²) in [5.74, 6) is -1.10. The number of hydrogen-bond donors (Lipinski definition) is 1. The van der Waals surface area contributed by atoms with Crippen LogP contribution < -0.4 is 0 Å². The number of aliphatic carboxylic acids is 1. The van der Waals surface area contributed by atoms with E-state index in [0.29, 0.717) is 0 Å². The standard InChI is InChI=1S/C7H7N3O2/c8-2-5-10(6-3-9)4-1-7(11)12/h1,4H,5-6H2,(H,11,12). The van der Waals surface area contributed by atoms with Gasteiger partial charge in [-0.3, -0.25) is 0 Å². The first-order valence-corrected chi connectivity index (χ1v) is 3.09. The molecule has 0 atom stereocenters. The third kappa shape index (κ3) is 4.83. The second kappa shape index (κ2) is 5.75. The molecule has 1 N–H and O–H groups in total. The molecule has 0 saturated carbocycles. The highest BCUT2D eigenvalue weighted by Crippen LogP contribution is 1.87. The van der Waals surface area contributed by atoms with Gasteiger partial charge >= 0.3 is 5.97 Å². The third-order valence-corrected chi connectivity index (χ3v) is 0.976. The molecule has 5 nitrogen and oxygen atoms in total. The van der Waals surface area contributed by atoms with Crippen molar-refractivity contribution in [2.45, 2.75) is 0 Å². The Morgan fingerprint density at radius 2 is 1.92 bits per heavy atom. The number of carboxylic acid groups (broad SMARTS) is 1. The van der Waals surface area contributed by atoms with E-state index in [1.807, 2.05) is 0 Å². The highest BCUT2D eigenvalue weighted by atomic mass is 16.4.